The number of carbonyl (C=O) groups is 2. The molecule has 24 heavy (non-hydrogen) atoms. The first kappa shape index (κ1) is 18.5. The molecule has 0 aromatic carbocycles. The van der Waals surface area contributed by atoms with Gasteiger partial charge in [0.15, 0.2) is 5.78 Å². The monoisotopic (exact) mass is 332 g/mol. The molecule has 132 valence electrons. The van der Waals surface area contributed by atoms with Crippen LogP contribution in [0.15, 0.2) is 11.8 Å². The van der Waals surface area contributed by atoms with Crippen LogP contribution in [0.5, 0.6) is 0 Å². The van der Waals surface area contributed by atoms with Crippen LogP contribution in [0.3, 0.4) is 0 Å². The Morgan fingerprint density at radius 1 is 1.33 bits per heavy atom. The number of carbonyl (C=O) groups excluding carboxylic acids is 2. The van der Waals surface area contributed by atoms with E-state index in [1.54, 1.807) is 4.90 Å². The number of fused-ring (bicyclic) bond motifs is 1. The van der Waals surface area contributed by atoms with Gasteiger partial charge in [0.2, 0.25) is 5.70 Å². The molecule has 0 aromatic heterocycles. The number of allylic oxidation sites excluding steroid dienone is 2. The Morgan fingerprint density at radius 2 is 1.96 bits per heavy atom. The van der Waals surface area contributed by atoms with Gasteiger partial charge in [-0.15, -0.1) is 0 Å². The van der Waals surface area contributed by atoms with Crippen molar-refractivity contribution >= 4 is 11.9 Å². The lowest BCUT2D eigenvalue weighted by molar-refractivity contribution is -0.129. The molecule has 1 fully saturated rings. The van der Waals surface area contributed by atoms with Gasteiger partial charge in [-0.1, -0.05) is 26.8 Å². The Kier molecular flexibility index (Phi) is 4.56. The van der Waals surface area contributed by atoms with Gasteiger partial charge >= 0.3 is 6.09 Å². The fourth-order valence-corrected chi connectivity index (χ4v) is 4.09. The van der Waals surface area contributed by atoms with E-state index in [0.717, 1.165) is 12.8 Å². The van der Waals surface area contributed by atoms with Crippen LogP contribution in [-0.2, 0) is 9.53 Å². The first-order valence-electron chi connectivity index (χ1n) is 8.54. The number of amides is 1. The molecule has 5 nitrogen and oxygen atoms in total. The van der Waals surface area contributed by atoms with Gasteiger partial charge in [0, 0.05) is 18.5 Å². The zero-order valence-corrected chi connectivity index (χ0v) is 15.6. The van der Waals surface area contributed by atoms with E-state index in [9.17, 15) is 9.59 Å². The lowest BCUT2D eigenvalue weighted by Gasteiger charge is -2.46. The van der Waals surface area contributed by atoms with Gasteiger partial charge in [-0.05, 0) is 44.9 Å². The molecular weight excluding hydrogens is 304 g/mol. The summed E-state index contributed by atoms with van der Waals surface area (Å²) in [5.74, 6) is 0.0288. The highest BCUT2D eigenvalue weighted by Gasteiger charge is 2.52. The third kappa shape index (κ3) is 3.33. The Labute approximate surface area is 144 Å². The van der Waals surface area contributed by atoms with Crippen LogP contribution in [0.25, 0.3) is 4.85 Å². The summed E-state index contributed by atoms with van der Waals surface area (Å²) in [5, 5.41) is 0. The molecule has 0 bridgehead atoms. The fourth-order valence-electron chi connectivity index (χ4n) is 4.09. The molecule has 0 spiro atoms. The lowest BCUT2D eigenvalue weighted by atomic mass is 9.56. The van der Waals surface area contributed by atoms with E-state index < -0.39 is 11.0 Å². The quantitative estimate of drug-likeness (QED) is 0.629. The van der Waals surface area contributed by atoms with Crippen molar-refractivity contribution in [2.45, 2.75) is 60.0 Å². The molecule has 0 N–H and O–H groups in total. The van der Waals surface area contributed by atoms with Gasteiger partial charge < -0.3 is 14.4 Å². The number of likely N-dealkylation sites (tertiary alicyclic amines) is 1. The third-order valence-corrected chi connectivity index (χ3v) is 5.33. The highest BCUT2D eigenvalue weighted by atomic mass is 16.6. The summed E-state index contributed by atoms with van der Waals surface area (Å²) in [6, 6.07) is 0. The van der Waals surface area contributed by atoms with E-state index in [-0.39, 0.29) is 28.9 Å². The maximum Gasteiger partial charge on any atom is 0.410 e. The summed E-state index contributed by atoms with van der Waals surface area (Å²) in [4.78, 5) is 30.2. The average molecular weight is 332 g/mol. The van der Waals surface area contributed by atoms with Crippen molar-refractivity contribution in [1.82, 2.24) is 4.90 Å². The largest absolute Gasteiger partial charge is 0.444 e. The predicted molar refractivity (Wildman–Crippen MR) is 92.1 cm³/mol. The molecule has 1 aliphatic carbocycles. The first-order valence-corrected chi connectivity index (χ1v) is 8.54. The van der Waals surface area contributed by atoms with Gasteiger partial charge in [0.1, 0.15) is 5.60 Å². The Bertz CT molecular complexity index is 622. The number of Topliss-reactive ketones (excluding diaryl/α,β-unsaturated/α-hetero) is 1. The van der Waals surface area contributed by atoms with Crippen LogP contribution in [0.4, 0.5) is 4.79 Å². The maximum absolute atomic E-state index is 12.6. The molecule has 1 heterocycles. The topological polar surface area (TPSA) is 51.0 Å². The van der Waals surface area contributed by atoms with Gasteiger partial charge in [-0.2, -0.15) is 0 Å². The number of rotatable bonds is 0. The molecule has 5 heteroatoms. The molecule has 0 aromatic rings. The van der Waals surface area contributed by atoms with E-state index in [2.05, 4.69) is 11.8 Å². The first-order chi connectivity index (χ1) is 10.9. The zero-order valence-electron chi connectivity index (χ0n) is 15.6. The van der Waals surface area contributed by atoms with E-state index in [0.29, 0.717) is 13.1 Å². The number of ether oxygens (including phenoxy) is 1. The van der Waals surface area contributed by atoms with Crippen molar-refractivity contribution in [2.75, 3.05) is 13.1 Å². The second-order valence-corrected chi connectivity index (χ2v) is 8.76. The minimum Gasteiger partial charge on any atom is -0.444 e. The SMILES string of the molecule is [C-]#[N+]C1=C[C@@]2(C)CCN(C(=O)OC(C)(C)C)CC[C@@H]2C(C)(C)C1=O. The van der Waals surface area contributed by atoms with E-state index >= 15 is 0 Å². The second-order valence-electron chi connectivity index (χ2n) is 8.76. The smallest absolute Gasteiger partial charge is 0.410 e. The summed E-state index contributed by atoms with van der Waals surface area (Å²) < 4.78 is 5.49. The molecule has 1 saturated heterocycles. The number of ketones is 1. The predicted octanol–water partition coefficient (Wildman–Crippen LogP) is 4.05. The molecule has 1 aliphatic heterocycles. The van der Waals surface area contributed by atoms with Gasteiger partial charge in [0.25, 0.3) is 0 Å². The van der Waals surface area contributed by atoms with Crippen LogP contribution >= 0.6 is 0 Å². The average Bonchev–Trinajstić information content (AvgIpc) is 2.61. The molecule has 0 unspecified atom stereocenters. The summed E-state index contributed by atoms with van der Waals surface area (Å²) in [6.45, 7) is 20.0. The van der Waals surface area contributed by atoms with Gasteiger partial charge in [0.05, 0.1) is 6.57 Å². The molecular formula is C19H28N2O3. The zero-order chi connectivity index (χ0) is 18.3. The van der Waals surface area contributed by atoms with Crippen molar-refractivity contribution < 1.29 is 14.3 Å². The minimum atomic E-state index is -0.590. The van der Waals surface area contributed by atoms with Crippen LogP contribution in [0, 0.1) is 23.3 Å². The van der Waals surface area contributed by atoms with E-state index in [1.165, 1.54) is 0 Å². The fraction of sp³-hybridized carbons (Fsp3) is 0.737. The summed E-state index contributed by atoms with van der Waals surface area (Å²) >= 11 is 0. The Hall–Kier alpha value is -1.83. The van der Waals surface area contributed by atoms with Crippen LogP contribution < -0.4 is 0 Å². The summed E-state index contributed by atoms with van der Waals surface area (Å²) in [6.07, 6.45) is 3.00. The van der Waals surface area contributed by atoms with E-state index in [4.69, 9.17) is 11.3 Å². The van der Waals surface area contributed by atoms with Crippen LogP contribution in [-0.4, -0.2) is 35.5 Å². The van der Waals surface area contributed by atoms with Crippen molar-refractivity contribution in [3.63, 3.8) is 0 Å². The standard InChI is InChI=1S/C19H28N2O3/c1-17(2,3)24-16(23)21-10-8-14-18(4,5)15(22)13(20-7)12-19(14,6)9-11-21/h12,14H,8-11H2,1-6H3/t14-,19-/m1/s1. The Morgan fingerprint density at radius 3 is 2.50 bits per heavy atom. The minimum absolute atomic E-state index is 0.0781. The number of nitrogens with zero attached hydrogens (tertiary/aromatic N) is 2. The molecule has 1 amide bonds. The Balaban J connectivity index is 2.28. The molecule has 0 radical (unpaired) electrons. The second kappa shape index (κ2) is 5.91. The van der Waals surface area contributed by atoms with Crippen molar-refractivity contribution in [2.24, 2.45) is 16.7 Å². The van der Waals surface area contributed by atoms with Gasteiger partial charge in [-0.25, -0.2) is 9.64 Å². The number of hydrogen-bond acceptors (Lipinski definition) is 3. The van der Waals surface area contributed by atoms with Crippen molar-refractivity contribution in [1.29, 1.82) is 0 Å². The maximum atomic E-state index is 12.6. The van der Waals surface area contributed by atoms with Gasteiger partial charge in [-0.3, -0.25) is 0 Å². The normalized spacial score (nSPS) is 29.9. The third-order valence-electron chi connectivity index (χ3n) is 5.33. The highest BCUT2D eigenvalue weighted by Crippen LogP contribution is 2.52. The highest BCUT2D eigenvalue weighted by molar-refractivity contribution is 6.02. The molecule has 2 atom stereocenters. The molecule has 2 aliphatic rings. The lowest BCUT2D eigenvalue weighted by Crippen LogP contribution is -2.46. The summed E-state index contributed by atoms with van der Waals surface area (Å²) in [5.41, 5.74) is -1.13. The van der Waals surface area contributed by atoms with Crippen LogP contribution in [0.1, 0.15) is 54.4 Å². The van der Waals surface area contributed by atoms with Crippen molar-refractivity contribution in [3.05, 3.63) is 23.2 Å². The molecule has 0 saturated carbocycles. The van der Waals surface area contributed by atoms with Crippen LogP contribution in [0.2, 0.25) is 0 Å². The molecule has 2 rings (SSSR count). The van der Waals surface area contributed by atoms with E-state index in [1.807, 2.05) is 40.7 Å². The van der Waals surface area contributed by atoms with Crippen molar-refractivity contribution in [3.8, 4) is 0 Å². The summed E-state index contributed by atoms with van der Waals surface area (Å²) in [7, 11) is 0. The number of hydrogen-bond donors (Lipinski definition) is 0.